The van der Waals surface area contributed by atoms with Gasteiger partial charge in [-0.3, -0.25) is 29.4 Å². The summed E-state index contributed by atoms with van der Waals surface area (Å²) >= 11 is 3.51. The van der Waals surface area contributed by atoms with Crippen molar-refractivity contribution in [2.75, 3.05) is 67.2 Å². The smallest absolute Gasteiger partial charge is 0.249 e. The average molecular weight is 839 g/mol. The minimum atomic E-state index is -0.401. The number of ketones is 1. The molecule has 4 aromatic rings. The minimum absolute atomic E-state index is 0.0371. The zero-order valence-electron chi connectivity index (χ0n) is 32.4. The maximum Gasteiger partial charge on any atom is 0.249 e. The average Bonchev–Trinajstić information content (AvgIpc) is 3.21. The van der Waals surface area contributed by atoms with Crippen LogP contribution in [-0.4, -0.2) is 102 Å². The van der Waals surface area contributed by atoms with Crippen molar-refractivity contribution in [1.29, 1.82) is 0 Å². The van der Waals surface area contributed by atoms with E-state index in [2.05, 4.69) is 76.0 Å². The van der Waals surface area contributed by atoms with Gasteiger partial charge < -0.3 is 30.5 Å². The van der Waals surface area contributed by atoms with Gasteiger partial charge in [-0.25, -0.2) is 4.98 Å². The van der Waals surface area contributed by atoms with E-state index in [9.17, 15) is 19.2 Å². The topological polar surface area (TPSA) is 161 Å². The largest absolute Gasteiger partial charge is 0.494 e. The Labute approximate surface area is 340 Å². The fourth-order valence-electron chi connectivity index (χ4n) is 7.80. The van der Waals surface area contributed by atoms with Gasteiger partial charge in [0.2, 0.25) is 23.7 Å². The summed E-state index contributed by atoms with van der Waals surface area (Å²) in [6.07, 6.45) is 4.44. The van der Waals surface area contributed by atoms with E-state index in [1.54, 1.807) is 19.4 Å². The van der Waals surface area contributed by atoms with E-state index in [1.165, 1.54) is 12.5 Å². The van der Waals surface area contributed by atoms with Crippen LogP contribution in [0.2, 0.25) is 0 Å². The van der Waals surface area contributed by atoms with Crippen LogP contribution < -0.4 is 30.9 Å². The number of carbonyl (C=O) groups is 4. The Hall–Kier alpha value is -5.54. The van der Waals surface area contributed by atoms with Crippen molar-refractivity contribution < 1.29 is 23.9 Å². The number of carbonyl (C=O) groups excluding carboxylic acids is 4. The Bertz CT molecular complexity index is 2130. The van der Waals surface area contributed by atoms with Crippen molar-refractivity contribution >= 4 is 74.0 Å². The number of amides is 3. The molecule has 0 saturated carbocycles. The van der Waals surface area contributed by atoms with E-state index in [0.717, 1.165) is 37.3 Å². The summed E-state index contributed by atoms with van der Waals surface area (Å²) in [6, 6.07) is 21.1. The first kappa shape index (κ1) is 39.7. The Balaban J connectivity index is 0.895. The third-order valence-electron chi connectivity index (χ3n) is 11.0. The number of aromatic nitrogens is 2. The first-order chi connectivity index (χ1) is 27.5. The molecule has 3 aromatic carbocycles. The van der Waals surface area contributed by atoms with Crippen LogP contribution in [0.3, 0.4) is 0 Å². The van der Waals surface area contributed by atoms with Crippen molar-refractivity contribution in [3.8, 4) is 5.75 Å². The number of halogens is 1. The lowest BCUT2D eigenvalue weighted by molar-refractivity contribution is -0.135. The molecule has 15 heteroatoms. The van der Waals surface area contributed by atoms with Crippen molar-refractivity contribution in [2.24, 2.45) is 0 Å². The highest BCUT2D eigenvalue weighted by molar-refractivity contribution is 9.10. The normalized spacial score (nSPS) is 19.2. The summed E-state index contributed by atoms with van der Waals surface area (Å²) in [5, 5.41) is 12.1. The summed E-state index contributed by atoms with van der Waals surface area (Å²) in [5.74, 6) is 1.52. The number of imide groups is 1. The zero-order chi connectivity index (χ0) is 40.1. The summed E-state index contributed by atoms with van der Waals surface area (Å²) in [7, 11) is 1.63. The molecule has 57 heavy (non-hydrogen) atoms. The highest BCUT2D eigenvalue weighted by Crippen LogP contribution is 2.34. The molecular weight excluding hydrogens is 790 g/mol. The van der Waals surface area contributed by atoms with Crippen LogP contribution in [0.1, 0.15) is 61.4 Å². The minimum Gasteiger partial charge on any atom is -0.494 e. The van der Waals surface area contributed by atoms with Gasteiger partial charge in [0.1, 0.15) is 17.6 Å². The maximum atomic E-state index is 13.6. The lowest BCUT2D eigenvalue weighted by Gasteiger charge is -2.42. The Morgan fingerprint density at radius 1 is 0.947 bits per heavy atom. The molecule has 2 unspecified atom stereocenters. The van der Waals surface area contributed by atoms with Crippen LogP contribution in [0.4, 0.5) is 34.5 Å². The number of likely N-dealkylation sites (tertiary alicyclic amines) is 1. The van der Waals surface area contributed by atoms with Gasteiger partial charge >= 0.3 is 0 Å². The van der Waals surface area contributed by atoms with E-state index in [0.29, 0.717) is 83.9 Å². The van der Waals surface area contributed by atoms with E-state index in [-0.39, 0.29) is 29.5 Å². The first-order valence-corrected chi connectivity index (χ1v) is 20.2. The molecule has 298 valence electrons. The quantitative estimate of drug-likeness (QED) is 0.0965. The van der Waals surface area contributed by atoms with E-state index in [4.69, 9.17) is 4.74 Å². The number of nitrogens with one attached hydrogen (secondary N) is 4. The van der Waals surface area contributed by atoms with Gasteiger partial charge in [0.05, 0.1) is 29.5 Å². The second-order valence-corrected chi connectivity index (χ2v) is 15.7. The van der Waals surface area contributed by atoms with E-state index >= 15 is 0 Å². The highest BCUT2D eigenvalue weighted by atomic mass is 79.9. The van der Waals surface area contributed by atoms with Gasteiger partial charge in [0.25, 0.3) is 0 Å². The standard InChI is InChI=1S/C42H48BrN9O5/c1-26-24-51(31-12-13-35(37(22-31)57-3)47-42-44-23-33(43)40(49-42)46-34-7-5-4-6-32(34)27(2)53)20-21-52(26)39(55)25-50-18-16-29(17-19-50)28-8-10-30(11-9-28)45-36-14-15-38(54)48-41(36)56/h4-13,22-23,26,29,36,45H,14-21,24-25H2,1-3H3,(H,48,54,56)(H2,44,46,47,49). The molecule has 3 fully saturated rings. The van der Waals surface area contributed by atoms with Gasteiger partial charge in [0.15, 0.2) is 5.78 Å². The summed E-state index contributed by atoms with van der Waals surface area (Å²) < 4.78 is 6.43. The van der Waals surface area contributed by atoms with Crippen LogP contribution in [0.25, 0.3) is 0 Å². The number of piperazine rings is 1. The van der Waals surface area contributed by atoms with Gasteiger partial charge in [-0.2, -0.15) is 4.98 Å². The number of para-hydroxylation sites is 1. The molecule has 3 aliphatic rings. The maximum absolute atomic E-state index is 13.6. The summed E-state index contributed by atoms with van der Waals surface area (Å²) in [4.78, 5) is 65.0. The number of piperidine rings is 2. The monoisotopic (exact) mass is 837 g/mol. The molecule has 4 N–H and O–H groups in total. The fourth-order valence-corrected chi connectivity index (χ4v) is 8.09. The summed E-state index contributed by atoms with van der Waals surface area (Å²) in [5.41, 5.74) is 5.04. The fraction of sp³-hybridized carbons (Fsp3) is 0.381. The third-order valence-corrected chi connectivity index (χ3v) is 11.5. The molecule has 2 atom stereocenters. The zero-order valence-corrected chi connectivity index (χ0v) is 34.0. The molecule has 3 aliphatic heterocycles. The Morgan fingerprint density at radius 3 is 2.44 bits per heavy atom. The number of hydrogen-bond donors (Lipinski definition) is 4. The van der Waals surface area contributed by atoms with Crippen LogP contribution in [0, 0.1) is 0 Å². The lowest BCUT2D eigenvalue weighted by Crippen LogP contribution is -2.56. The molecule has 3 amide bonds. The second-order valence-electron chi connectivity index (χ2n) is 14.8. The van der Waals surface area contributed by atoms with Crippen LogP contribution in [0.15, 0.2) is 77.4 Å². The van der Waals surface area contributed by atoms with Crippen molar-refractivity contribution in [2.45, 2.75) is 57.5 Å². The van der Waals surface area contributed by atoms with Crippen LogP contribution in [-0.2, 0) is 14.4 Å². The number of nitrogens with zero attached hydrogens (tertiary/aromatic N) is 5. The van der Waals surface area contributed by atoms with Crippen molar-refractivity contribution in [1.82, 2.24) is 25.1 Å². The highest BCUT2D eigenvalue weighted by Gasteiger charge is 2.31. The summed E-state index contributed by atoms with van der Waals surface area (Å²) in [6.45, 7) is 7.80. The molecule has 0 bridgehead atoms. The Morgan fingerprint density at radius 2 is 1.72 bits per heavy atom. The first-order valence-electron chi connectivity index (χ1n) is 19.4. The number of hydrogen-bond acceptors (Lipinski definition) is 12. The number of rotatable bonds is 12. The van der Waals surface area contributed by atoms with Gasteiger partial charge in [-0.1, -0.05) is 24.3 Å². The second kappa shape index (κ2) is 17.7. The van der Waals surface area contributed by atoms with Crippen LogP contribution in [0.5, 0.6) is 5.75 Å². The predicted octanol–water partition coefficient (Wildman–Crippen LogP) is 6.07. The lowest BCUT2D eigenvalue weighted by atomic mass is 9.89. The Kier molecular flexibility index (Phi) is 12.3. The number of methoxy groups -OCH3 is 1. The molecular formula is C42H48BrN9O5. The predicted molar refractivity (Wildman–Crippen MR) is 224 cm³/mol. The van der Waals surface area contributed by atoms with Gasteiger partial charge in [-0.15, -0.1) is 0 Å². The van der Waals surface area contributed by atoms with E-state index in [1.807, 2.05) is 53.4 Å². The molecule has 0 radical (unpaired) electrons. The van der Waals surface area contributed by atoms with E-state index < -0.39 is 6.04 Å². The molecule has 3 saturated heterocycles. The molecule has 0 spiro atoms. The molecule has 4 heterocycles. The molecule has 1 aromatic heterocycles. The molecule has 7 rings (SSSR count). The molecule has 0 aliphatic carbocycles. The SMILES string of the molecule is COc1cc(N2CCN(C(=O)CN3CCC(c4ccc(NC5CCC(=O)NC5=O)cc4)CC3)C(C)C2)ccc1Nc1ncc(Br)c(Nc2ccccc2C(C)=O)n1. The van der Waals surface area contributed by atoms with Gasteiger partial charge in [-0.05, 0) is 110 Å². The number of benzene rings is 3. The van der Waals surface area contributed by atoms with Crippen molar-refractivity contribution in [3.63, 3.8) is 0 Å². The molecule has 14 nitrogen and oxygen atoms in total. The van der Waals surface area contributed by atoms with Crippen LogP contribution >= 0.6 is 15.9 Å². The van der Waals surface area contributed by atoms with Crippen molar-refractivity contribution in [3.05, 3.63) is 88.5 Å². The number of Topliss-reactive ketones (excluding diaryl/α,β-unsaturated/α-hetero) is 1. The van der Waals surface area contributed by atoms with Gasteiger partial charge in [0, 0.05) is 61.3 Å². The number of anilines is 6. The third kappa shape index (κ3) is 9.54. The number of ether oxygens (including phenoxy) is 1.